The predicted molar refractivity (Wildman–Crippen MR) is 69.4 cm³/mol. The van der Waals surface area contributed by atoms with E-state index in [0.29, 0.717) is 5.56 Å². The van der Waals surface area contributed by atoms with Gasteiger partial charge in [-0.05, 0) is 19.1 Å². The first-order chi connectivity index (χ1) is 8.49. The molecule has 18 heavy (non-hydrogen) atoms. The predicted octanol–water partition coefficient (Wildman–Crippen LogP) is 3.29. The van der Waals surface area contributed by atoms with E-state index in [0.717, 1.165) is 11.6 Å². The normalized spacial score (nSPS) is 10.3. The summed E-state index contributed by atoms with van der Waals surface area (Å²) in [6.45, 7) is 1.88. The Labute approximate surface area is 109 Å². The SMILES string of the molecule is Cc1cccc(C(=O)c2cc(Cl)c(O)cc2O)c1. The second kappa shape index (κ2) is 4.70. The summed E-state index contributed by atoms with van der Waals surface area (Å²) in [5.41, 5.74) is 1.49. The van der Waals surface area contributed by atoms with E-state index in [2.05, 4.69) is 0 Å². The molecule has 0 saturated heterocycles. The van der Waals surface area contributed by atoms with Crippen LogP contribution in [0, 0.1) is 6.92 Å². The Kier molecular flexibility index (Phi) is 3.26. The van der Waals surface area contributed by atoms with E-state index in [-0.39, 0.29) is 27.9 Å². The number of halogens is 1. The molecule has 2 aromatic carbocycles. The molecule has 3 nitrogen and oxygen atoms in total. The third kappa shape index (κ3) is 2.31. The van der Waals surface area contributed by atoms with Crippen molar-refractivity contribution < 1.29 is 15.0 Å². The zero-order valence-electron chi connectivity index (χ0n) is 9.64. The summed E-state index contributed by atoms with van der Waals surface area (Å²) >= 11 is 5.74. The van der Waals surface area contributed by atoms with Crippen molar-refractivity contribution in [1.82, 2.24) is 0 Å². The number of hydrogen-bond acceptors (Lipinski definition) is 3. The van der Waals surface area contributed by atoms with Gasteiger partial charge in [-0.15, -0.1) is 0 Å². The Balaban J connectivity index is 2.49. The van der Waals surface area contributed by atoms with E-state index in [1.54, 1.807) is 18.2 Å². The van der Waals surface area contributed by atoms with Crippen LogP contribution in [0.25, 0.3) is 0 Å². The third-order valence-corrected chi connectivity index (χ3v) is 2.89. The molecule has 0 unspecified atom stereocenters. The largest absolute Gasteiger partial charge is 0.507 e. The number of carbonyl (C=O) groups excluding carboxylic acids is 1. The Bertz CT molecular complexity index is 620. The fourth-order valence-corrected chi connectivity index (χ4v) is 1.84. The summed E-state index contributed by atoms with van der Waals surface area (Å²) in [5, 5.41) is 19.0. The Hall–Kier alpha value is -2.00. The maximum Gasteiger partial charge on any atom is 0.196 e. The average Bonchev–Trinajstić information content (AvgIpc) is 2.33. The van der Waals surface area contributed by atoms with E-state index < -0.39 is 0 Å². The van der Waals surface area contributed by atoms with Gasteiger partial charge in [-0.3, -0.25) is 4.79 Å². The minimum absolute atomic E-state index is 0.0313. The van der Waals surface area contributed by atoms with Crippen LogP contribution < -0.4 is 0 Å². The van der Waals surface area contributed by atoms with Crippen molar-refractivity contribution in [3.05, 3.63) is 58.1 Å². The molecule has 0 aromatic heterocycles. The number of aromatic hydroxyl groups is 2. The smallest absolute Gasteiger partial charge is 0.196 e. The maximum atomic E-state index is 12.2. The molecule has 4 heteroatoms. The fraction of sp³-hybridized carbons (Fsp3) is 0.0714. The van der Waals surface area contributed by atoms with Crippen LogP contribution in [0.4, 0.5) is 0 Å². The molecule has 2 N–H and O–H groups in total. The second-order valence-corrected chi connectivity index (χ2v) is 4.43. The molecule has 0 spiro atoms. The standard InChI is InChI=1S/C14H11ClO3/c1-8-3-2-4-9(5-8)14(18)10-6-11(15)13(17)7-12(10)16/h2-7,16-17H,1H3. The second-order valence-electron chi connectivity index (χ2n) is 4.02. The lowest BCUT2D eigenvalue weighted by Gasteiger charge is -2.06. The lowest BCUT2D eigenvalue weighted by Crippen LogP contribution is -2.02. The van der Waals surface area contributed by atoms with Gasteiger partial charge in [0, 0.05) is 11.6 Å². The van der Waals surface area contributed by atoms with Gasteiger partial charge in [0.1, 0.15) is 11.5 Å². The molecule has 0 saturated carbocycles. The molecular formula is C14H11ClO3. The number of ketones is 1. The molecule has 0 aliphatic rings. The Morgan fingerprint density at radius 1 is 1.11 bits per heavy atom. The number of hydrogen-bond donors (Lipinski definition) is 2. The van der Waals surface area contributed by atoms with Gasteiger partial charge in [0.2, 0.25) is 0 Å². The van der Waals surface area contributed by atoms with Gasteiger partial charge in [-0.25, -0.2) is 0 Å². The minimum atomic E-state index is -0.335. The summed E-state index contributed by atoms with van der Waals surface area (Å²) in [6, 6.07) is 9.35. The highest BCUT2D eigenvalue weighted by atomic mass is 35.5. The zero-order valence-corrected chi connectivity index (χ0v) is 10.4. The molecule has 0 atom stereocenters. The molecule has 0 fully saturated rings. The van der Waals surface area contributed by atoms with Gasteiger partial charge in [0.05, 0.1) is 10.6 Å². The number of phenols is 2. The summed E-state index contributed by atoms with van der Waals surface area (Å²) in [7, 11) is 0. The Morgan fingerprint density at radius 2 is 1.83 bits per heavy atom. The highest BCUT2D eigenvalue weighted by Crippen LogP contribution is 2.32. The first kappa shape index (κ1) is 12.5. The lowest BCUT2D eigenvalue weighted by atomic mass is 10.0. The summed E-state index contributed by atoms with van der Waals surface area (Å²) < 4.78 is 0. The quantitative estimate of drug-likeness (QED) is 0.817. The molecule has 0 aliphatic heterocycles. The van der Waals surface area contributed by atoms with E-state index >= 15 is 0 Å². The topological polar surface area (TPSA) is 57.5 Å². The van der Waals surface area contributed by atoms with Gasteiger partial charge in [0.25, 0.3) is 0 Å². The average molecular weight is 263 g/mol. The van der Waals surface area contributed by atoms with Gasteiger partial charge < -0.3 is 10.2 Å². The van der Waals surface area contributed by atoms with Crippen LogP contribution in [-0.4, -0.2) is 16.0 Å². The van der Waals surface area contributed by atoms with Crippen molar-refractivity contribution in [3.63, 3.8) is 0 Å². The number of carbonyl (C=O) groups is 1. The number of aryl methyl sites for hydroxylation is 1. The molecule has 2 rings (SSSR count). The molecule has 0 amide bonds. The highest BCUT2D eigenvalue weighted by molar-refractivity contribution is 6.32. The third-order valence-electron chi connectivity index (χ3n) is 2.59. The van der Waals surface area contributed by atoms with Crippen LogP contribution in [0.5, 0.6) is 11.5 Å². The maximum absolute atomic E-state index is 12.2. The first-order valence-corrected chi connectivity index (χ1v) is 5.69. The number of benzene rings is 2. The van der Waals surface area contributed by atoms with Gasteiger partial charge in [0.15, 0.2) is 5.78 Å². The summed E-state index contributed by atoms with van der Waals surface area (Å²) in [5.74, 6) is -0.878. The monoisotopic (exact) mass is 262 g/mol. The van der Waals surface area contributed by atoms with Crippen LogP contribution in [0.1, 0.15) is 21.5 Å². The van der Waals surface area contributed by atoms with Crippen LogP contribution in [0.15, 0.2) is 36.4 Å². The van der Waals surface area contributed by atoms with Gasteiger partial charge in [-0.2, -0.15) is 0 Å². The number of phenolic OH excluding ortho intramolecular Hbond substituents is 2. The van der Waals surface area contributed by atoms with E-state index in [9.17, 15) is 15.0 Å². The van der Waals surface area contributed by atoms with E-state index in [1.807, 2.05) is 13.0 Å². The van der Waals surface area contributed by atoms with Crippen molar-refractivity contribution in [2.24, 2.45) is 0 Å². The van der Waals surface area contributed by atoms with Crippen LogP contribution in [0.2, 0.25) is 5.02 Å². The molecule has 2 aromatic rings. The Morgan fingerprint density at radius 3 is 2.50 bits per heavy atom. The first-order valence-electron chi connectivity index (χ1n) is 5.32. The molecular weight excluding hydrogens is 252 g/mol. The van der Waals surface area contributed by atoms with E-state index in [1.165, 1.54) is 6.07 Å². The van der Waals surface area contributed by atoms with Crippen LogP contribution in [0.3, 0.4) is 0 Å². The molecule has 0 bridgehead atoms. The van der Waals surface area contributed by atoms with E-state index in [4.69, 9.17) is 11.6 Å². The molecule has 0 heterocycles. The number of rotatable bonds is 2. The molecule has 0 radical (unpaired) electrons. The lowest BCUT2D eigenvalue weighted by molar-refractivity contribution is 0.103. The minimum Gasteiger partial charge on any atom is -0.507 e. The zero-order chi connectivity index (χ0) is 13.3. The molecule has 0 aliphatic carbocycles. The van der Waals surface area contributed by atoms with Gasteiger partial charge >= 0.3 is 0 Å². The van der Waals surface area contributed by atoms with Gasteiger partial charge in [-0.1, -0.05) is 35.4 Å². The van der Waals surface area contributed by atoms with Crippen molar-refractivity contribution in [2.75, 3.05) is 0 Å². The van der Waals surface area contributed by atoms with Crippen LogP contribution in [-0.2, 0) is 0 Å². The molecule has 92 valence electrons. The van der Waals surface area contributed by atoms with Crippen molar-refractivity contribution in [1.29, 1.82) is 0 Å². The van der Waals surface area contributed by atoms with Crippen molar-refractivity contribution in [3.8, 4) is 11.5 Å². The van der Waals surface area contributed by atoms with Crippen LogP contribution >= 0.6 is 11.6 Å². The fourth-order valence-electron chi connectivity index (χ4n) is 1.67. The highest BCUT2D eigenvalue weighted by Gasteiger charge is 2.16. The summed E-state index contributed by atoms with van der Waals surface area (Å²) in [4.78, 5) is 12.2. The summed E-state index contributed by atoms with van der Waals surface area (Å²) in [6.07, 6.45) is 0. The van der Waals surface area contributed by atoms with Crippen molar-refractivity contribution >= 4 is 17.4 Å². The van der Waals surface area contributed by atoms with Crippen molar-refractivity contribution in [2.45, 2.75) is 6.92 Å².